The molecule has 1 saturated heterocycles. The molecule has 0 radical (unpaired) electrons. The van der Waals surface area contributed by atoms with Crippen molar-refractivity contribution in [2.45, 2.75) is 44.2 Å². The highest BCUT2D eigenvalue weighted by atomic mass is 32.1. The molecule has 1 amide bonds. The minimum Gasteiger partial charge on any atom is -0.374 e. The normalized spacial score (nSPS) is 23.8. The third kappa shape index (κ3) is 3.18. The molecule has 126 valence electrons. The molecular formula is C17H20N4O2S. The summed E-state index contributed by atoms with van der Waals surface area (Å²) < 4.78 is 5.85. The van der Waals surface area contributed by atoms with Crippen LogP contribution in [-0.4, -0.2) is 51.1 Å². The van der Waals surface area contributed by atoms with Crippen LogP contribution in [0, 0.1) is 0 Å². The van der Waals surface area contributed by atoms with E-state index in [0.29, 0.717) is 25.4 Å². The Hall–Kier alpha value is -1.86. The van der Waals surface area contributed by atoms with Crippen LogP contribution in [0.5, 0.6) is 0 Å². The van der Waals surface area contributed by atoms with E-state index in [1.165, 1.54) is 24.2 Å². The average molecular weight is 344 g/mol. The standard InChI is InChI=1S/C17H20N4O2S/c22-15(21-8-9-23-14-5-2-1-4-13(14)21)10-12-11-24-17(20-12)16-18-6-3-7-19-16/h3,6-7,11,13-14H,1-2,4-5,8-10H2/t13-,14+/m0/s1. The van der Waals surface area contributed by atoms with E-state index < -0.39 is 0 Å². The van der Waals surface area contributed by atoms with Gasteiger partial charge in [-0.05, 0) is 18.9 Å². The van der Waals surface area contributed by atoms with E-state index in [2.05, 4.69) is 15.0 Å². The van der Waals surface area contributed by atoms with Crippen molar-refractivity contribution >= 4 is 17.2 Å². The van der Waals surface area contributed by atoms with E-state index in [1.807, 2.05) is 10.3 Å². The van der Waals surface area contributed by atoms with E-state index >= 15 is 0 Å². The average Bonchev–Trinajstić information content (AvgIpc) is 3.10. The molecule has 2 aromatic rings. The van der Waals surface area contributed by atoms with Crippen LogP contribution in [0.4, 0.5) is 0 Å². The maximum Gasteiger partial charge on any atom is 0.229 e. The maximum absolute atomic E-state index is 12.8. The predicted molar refractivity (Wildman–Crippen MR) is 90.6 cm³/mol. The van der Waals surface area contributed by atoms with E-state index in [0.717, 1.165) is 23.5 Å². The van der Waals surface area contributed by atoms with Crippen molar-refractivity contribution in [2.24, 2.45) is 0 Å². The van der Waals surface area contributed by atoms with Gasteiger partial charge in [0.15, 0.2) is 10.8 Å². The zero-order valence-electron chi connectivity index (χ0n) is 13.4. The number of ether oxygens (including phenoxy) is 1. The van der Waals surface area contributed by atoms with Gasteiger partial charge in [-0.3, -0.25) is 4.79 Å². The number of carbonyl (C=O) groups is 1. The summed E-state index contributed by atoms with van der Waals surface area (Å²) in [6.07, 6.45) is 8.47. The zero-order valence-corrected chi connectivity index (χ0v) is 14.2. The number of amides is 1. The molecule has 1 aliphatic carbocycles. The monoisotopic (exact) mass is 344 g/mol. The number of hydrogen-bond acceptors (Lipinski definition) is 6. The van der Waals surface area contributed by atoms with Crippen LogP contribution in [0.3, 0.4) is 0 Å². The van der Waals surface area contributed by atoms with Crippen LogP contribution in [0.1, 0.15) is 31.4 Å². The molecule has 1 saturated carbocycles. The number of nitrogens with zero attached hydrogens (tertiary/aromatic N) is 4. The van der Waals surface area contributed by atoms with Crippen molar-refractivity contribution in [3.05, 3.63) is 29.5 Å². The largest absolute Gasteiger partial charge is 0.374 e. The van der Waals surface area contributed by atoms with Crippen molar-refractivity contribution in [1.29, 1.82) is 0 Å². The van der Waals surface area contributed by atoms with Crippen molar-refractivity contribution < 1.29 is 9.53 Å². The first-order valence-corrected chi connectivity index (χ1v) is 9.32. The maximum atomic E-state index is 12.8. The number of rotatable bonds is 3. The fourth-order valence-corrected chi connectivity index (χ4v) is 4.33. The van der Waals surface area contributed by atoms with Gasteiger partial charge in [-0.15, -0.1) is 11.3 Å². The number of thiazole rings is 1. The van der Waals surface area contributed by atoms with Gasteiger partial charge in [0.05, 0.1) is 30.9 Å². The third-order valence-corrected chi connectivity index (χ3v) is 5.58. The van der Waals surface area contributed by atoms with Crippen molar-refractivity contribution in [3.63, 3.8) is 0 Å². The summed E-state index contributed by atoms with van der Waals surface area (Å²) in [7, 11) is 0. The van der Waals surface area contributed by atoms with E-state index in [1.54, 1.807) is 18.5 Å². The molecule has 0 N–H and O–H groups in total. The number of morpholine rings is 1. The van der Waals surface area contributed by atoms with Crippen molar-refractivity contribution in [1.82, 2.24) is 19.9 Å². The summed E-state index contributed by atoms with van der Waals surface area (Å²) in [6, 6.07) is 2.02. The lowest BCUT2D eigenvalue weighted by Gasteiger charge is -2.43. The number of fused-ring (bicyclic) bond motifs is 1. The smallest absolute Gasteiger partial charge is 0.229 e. The topological polar surface area (TPSA) is 68.2 Å². The van der Waals surface area contributed by atoms with Gasteiger partial charge in [-0.25, -0.2) is 15.0 Å². The fraction of sp³-hybridized carbons (Fsp3) is 0.529. The highest BCUT2D eigenvalue weighted by molar-refractivity contribution is 7.13. The Morgan fingerprint density at radius 2 is 2.12 bits per heavy atom. The van der Waals surface area contributed by atoms with Gasteiger partial charge in [0.25, 0.3) is 0 Å². The predicted octanol–water partition coefficient (Wildman–Crippen LogP) is 2.31. The molecule has 24 heavy (non-hydrogen) atoms. The van der Waals surface area contributed by atoms with Crippen LogP contribution in [0.2, 0.25) is 0 Å². The van der Waals surface area contributed by atoms with E-state index in [4.69, 9.17) is 4.74 Å². The zero-order chi connectivity index (χ0) is 16.4. The molecule has 0 unspecified atom stereocenters. The SMILES string of the molecule is O=C(Cc1csc(-c2ncccn2)n1)N1CCO[C@@H]2CCCC[C@@H]21. The number of hydrogen-bond donors (Lipinski definition) is 0. The summed E-state index contributed by atoms with van der Waals surface area (Å²) in [4.78, 5) is 27.7. The van der Waals surface area contributed by atoms with Crippen molar-refractivity contribution in [2.75, 3.05) is 13.2 Å². The lowest BCUT2D eigenvalue weighted by Crippen LogP contribution is -2.55. The Morgan fingerprint density at radius 1 is 1.29 bits per heavy atom. The van der Waals surface area contributed by atoms with Gasteiger partial charge in [-0.1, -0.05) is 12.8 Å². The van der Waals surface area contributed by atoms with E-state index in [-0.39, 0.29) is 18.1 Å². The molecule has 2 aromatic heterocycles. The Morgan fingerprint density at radius 3 is 3.00 bits per heavy atom. The molecule has 2 aliphatic rings. The first kappa shape index (κ1) is 15.7. The lowest BCUT2D eigenvalue weighted by molar-refractivity contribution is -0.148. The minimum atomic E-state index is 0.154. The summed E-state index contributed by atoms with van der Waals surface area (Å²) >= 11 is 1.48. The Balaban J connectivity index is 1.45. The second-order valence-corrected chi connectivity index (χ2v) is 7.10. The molecule has 2 fully saturated rings. The second-order valence-electron chi connectivity index (χ2n) is 6.24. The van der Waals surface area contributed by atoms with Gasteiger partial charge >= 0.3 is 0 Å². The fourth-order valence-electron chi connectivity index (χ4n) is 3.56. The third-order valence-electron chi connectivity index (χ3n) is 4.69. The first-order chi connectivity index (χ1) is 11.8. The molecule has 6 nitrogen and oxygen atoms in total. The minimum absolute atomic E-state index is 0.154. The molecule has 2 atom stereocenters. The Bertz CT molecular complexity index is 704. The van der Waals surface area contributed by atoms with Crippen LogP contribution in [-0.2, 0) is 16.0 Å². The van der Waals surface area contributed by atoms with Crippen LogP contribution in [0.25, 0.3) is 10.8 Å². The molecule has 4 rings (SSSR count). The molecule has 0 aromatic carbocycles. The molecule has 1 aliphatic heterocycles. The summed E-state index contributed by atoms with van der Waals surface area (Å²) in [5.41, 5.74) is 0.798. The molecule has 0 bridgehead atoms. The van der Waals surface area contributed by atoms with Crippen LogP contribution < -0.4 is 0 Å². The Kier molecular flexibility index (Phi) is 4.53. The molecular weight excluding hydrogens is 324 g/mol. The molecule has 7 heteroatoms. The van der Waals surface area contributed by atoms with E-state index in [9.17, 15) is 4.79 Å². The quantitative estimate of drug-likeness (QED) is 0.855. The highest BCUT2D eigenvalue weighted by Crippen LogP contribution is 2.29. The summed E-state index contributed by atoms with van der Waals surface area (Å²) in [5, 5.41) is 2.69. The van der Waals surface area contributed by atoms with Crippen LogP contribution >= 0.6 is 11.3 Å². The number of aromatic nitrogens is 3. The second kappa shape index (κ2) is 6.94. The van der Waals surface area contributed by atoms with Gasteiger partial charge in [0.1, 0.15) is 0 Å². The van der Waals surface area contributed by atoms with Gasteiger partial charge in [-0.2, -0.15) is 0 Å². The molecule has 0 spiro atoms. The summed E-state index contributed by atoms with van der Waals surface area (Å²) in [6.45, 7) is 1.34. The first-order valence-electron chi connectivity index (χ1n) is 8.44. The van der Waals surface area contributed by atoms with Gasteiger partial charge < -0.3 is 9.64 Å². The highest BCUT2D eigenvalue weighted by Gasteiger charge is 2.36. The lowest BCUT2D eigenvalue weighted by atomic mass is 9.90. The molecule has 3 heterocycles. The number of carbonyl (C=O) groups excluding carboxylic acids is 1. The van der Waals surface area contributed by atoms with Gasteiger partial charge in [0.2, 0.25) is 5.91 Å². The van der Waals surface area contributed by atoms with Crippen molar-refractivity contribution in [3.8, 4) is 10.8 Å². The van der Waals surface area contributed by atoms with Gasteiger partial charge in [0, 0.05) is 24.3 Å². The summed E-state index contributed by atoms with van der Waals surface area (Å²) in [5.74, 6) is 0.765. The Labute approximate surface area is 144 Å². The van der Waals surface area contributed by atoms with Crippen LogP contribution in [0.15, 0.2) is 23.8 Å².